The van der Waals surface area contributed by atoms with Crippen LogP contribution in [0.25, 0.3) is 0 Å². The quantitative estimate of drug-likeness (QED) is 0.633. The summed E-state index contributed by atoms with van der Waals surface area (Å²) >= 11 is 0. The maximum Gasteiger partial charge on any atom is 0.248 e. The average molecular weight is 462 g/mol. The van der Waals surface area contributed by atoms with Crippen molar-refractivity contribution < 1.29 is 14.3 Å². The van der Waals surface area contributed by atoms with Crippen molar-refractivity contribution in [2.75, 3.05) is 13.7 Å². The molecule has 2 amide bonds. The van der Waals surface area contributed by atoms with Crippen molar-refractivity contribution in [2.45, 2.75) is 51.4 Å². The first-order valence-corrected chi connectivity index (χ1v) is 12.4. The van der Waals surface area contributed by atoms with Crippen molar-refractivity contribution >= 4 is 11.8 Å². The van der Waals surface area contributed by atoms with Crippen LogP contribution < -0.4 is 15.4 Å². The molecule has 6 heteroatoms. The van der Waals surface area contributed by atoms with E-state index in [0.717, 1.165) is 37.2 Å². The van der Waals surface area contributed by atoms with E-state index in [0.29, 0.717) is 12.5 Å². The third kappa shape index (κ3) is 3.88. The number of carbonyl (C=O) groups excluding carboxylic acids is 2. The lowest BCUT2D eigenvalue weighted by Gasteiger charge is -2.55. The van der Waals surface area contributed by atoms with Gasteiger partial charge < -0.3 is 15.4 Å². The molecule has 3 aliphatic heterocycles. The Morgan fingerprint density at radius 3 is 2.56 bits per heavy atom. The number of nitrogens with zero attached hydrogens (tertiary/aromatic N) is 1. The van der Waals surface area contributed by atoms with Crippen LogP contribution in [0.4, 0.5) is 0 Å². The molecule has 34 heavy (non-hydrogen) atoms. The van der Waals surface area contributed by atoms with Gasteiger partial charge in [-0.15, -0.1) is 0 Å². The molecule has 6 nitrogen and oxygen atoms in total. The molecule has 3 saturated heterocycles. The van der Waals surface area contributed by atoms with Crippen molar-refractivity contribution in [1.29, 1.82) is 0 Å². The van der Waals surface area contributed by atoms with E-state index in [1.807, 2.05) is 42.5 Å². The minimum Gasteiger partial charge on any atom is -0.497 e. The molecule has 2 aromatic carbocycles. The fourth-order valence-electron chi connectivity index (χ4n) is 6.68. The summed E-state index contributed by atoms with van der Waals surface area (Å²) in [6.07, 6.45) is 1.74. The number of piperidine rings is 2. The summed E-state index contributed by atoms with van der Waals surface area (Å²) in [5.41, 5.74) is 1.38. The Hall–Kier alpha value is -2.86. The molecule has 180 valence electrons. The van der Waals surface area contributed by atoms with Gasteiger partial charge in [0.2, 0.25) is 11.8 Å². The van der Waals surface area contributed by atoms with Crippen LogP contribution in [0.5, 0.6) is 5.75 Å². The highest BCUT2D eigenvalue weighted by atomic mass is 16.5. The van der Waals surface area contributed by atoms with E-state index in [1.54, 1.807) is 7.11 Å². The van der Waals surface area contributed by atoms with Crippen LogP contribution in [0.1, 0.15) is 37.8 Å². The standard InChI is InChI=1S/C28H35N3O3/c1-18(2)13-23-24-14-21-17-31(16-20-9-11-22(34-3)12-10-20)25(23)28(21,30-26(24)32)27(33)29-15-19-7-5-4-6-8-19/h4-12,18,21,23-25H,13-17H2,1-3H3,(H,29,33)(H,30,32)/t21?,23?,24?,25?,28-/m0/s1. The molecule has 5 atom stereocenters. The van der Waals surface area contributed by atoms with E-state index in [1.165, 1.54) is 5.56 Å². The Balaban J connectivity index is 1.45. The zero-order chi connectivity index (χ0) is 23.9. The topological polar surface area (TPSA) is 70.7 Å². The van der Waals surface area contributed by atoms with E-state index < -0.39 is 5.54 Å². The average Bonchev–Trinajstić information content (AvgIpc) is 3.06. The minimum absolute atomic E-state index is 0.00535. The van der Waals surface area contributed by atoms with Gasteiger partial charge in [-0.1, -0.05) is 56.3 Å². The lowest BCUT2D eigenvalue weighted by Crippen LogP contribution is -2.77. The monoisotopic (exact) mass is 461 g/mol. The molecule has 4 aliphatic rings. The Morgan fingerprint density at radius 2 is 1.88 bits per heavy atom. The first-order chi connectivity index (χ1) is 16.4. The first kappa shape index (κ1) is 22.9. The lowest BCUT2D eigenvalue weighted by atomic mass is 9.57. The summed E-state index contributed by atoms with van der Waals surface area (Å²) in [7, 11) is 1.67. The second kappa shape index (κ2) is 9.06. The van der Waals surface area contributed by atoms with Gasteiger partial charge in [0.1, 0.15) is 11.3 Å². The van der Waals surface area contributed by atoms with Crippen molar-refractivity contribution in [3.63, 3.8) is 0 Å². The Labute approximate surface area is 202 Å². The molecule has 4 unspecified atom stereocenters. The van der Waals surface area contributed by atoms with Crippen LogP contribution in [0, 0.1) is 23.7 Å². The molecule has 3 heterocycles. The highest BCUT2D eigenvalue weighted by Gasteiger charge is 2.70. The Bertz CT molecular complexity index is 1040. The summed E-state index contributed by atoms with van der Waals surface area (Å²) in [4.78, 5) is 29.5. The highest BCUT2D eigenvalue weighted by Crippen LogP contribution is 2.54. The first-order valence-electron chi connectivity index (χ1n) is 12.4. The van der Waals surface area contributed by atoms with Crippen LogP contribution in [0.15, 0.2) is 54.6 Å². The number of nitrogens with one attached hydrogen (secondary N) is 2. The number of carbonyl (C=O) groups is 2. The number of likely N-dealkylation sites (tertiary alicyclic amines) is 1. The zero-order valence-corrected chi connectivity index (χ0v) is 20.3. The zero-order valence-electron chi connectivity index (χ0n) is 20.3. The Morgan fingerprint density at radius 1 is 1.15 bits per heavy atom. The molecular weight excluding hydrogens is 426 g/mol. The number of ether oxygens (including phenoxy) is 1. The third-order valence-electron chi connectivity index (χ3n) is 8.05. The molecule has 1 aliphatic carbocycles. The molecule has 0 aromatic heterocycles. The van der Waals surface area contributed by atoms with Crippen molar-refractivity contribution in [3.05, 3.63) is 65.7 Å². The van der Waals surface area contributed by atoms with Crippen LogP contribution in [0.2, 0.25) is 0 Å². The fraction of sp³-hybridized carbons (Fsp3) is 0.500. The van der Waals surface area contributed by atoms with Gasteiger partial charge in [-0.05, 0) is 47.9 Å². The van der Waals surface area contributed by atoms with Crippen molar-refractivity contribution in [2.24, 2.45) is 23.7 Å². The number of rotatable bonds is 8. The van der Waals surface area contributed by atoms with E-state index >= 15 is 0 Å². The number of amides is 2. The van der Waals surface area contributed by atoms with Crippen LogP contribution in [-0.2, 0) is 22.7 Å². The van der Waals surface area contributed by atoms with Crippen molar-refractivity contribution in [1.82, 2.24) is 15.5 Å². The van der Waals surface area contributed by atoms with Crippen LogP contribution >= 0.6 is 0 Å². The summed E-state index contributed by atoms with van der Waals surface area (Å²) < 4.78 is 5.32. The summed E-state index contributed by atoms with van der Waals surface area (Å²) in [5.74, 6) is 1.60. The second-order valence-corrected chi connectivity index (χ2v) is 10.6. The number of benzene rings is 2. The number of methoxy groups -OCH3 is 1. The van der Waals surface area contributed by atoms with E-state index in [9.17, 15) is 9.59 Å². The molecule has 0 radical (unpaired) electrons. The van der Waals surface area contributed by atoms with Gasteiger partial charge in [-0.3, -0.25) is 14.5 Å². The maximum absolute atomic E-state index is 13.9. The molecular formula is C28H35N3O3. The highest BCUT2D eigenvalue weighted by molar-refractivity contribution is 5.97. The van der Waals surface area contributed by atoms with Gasteiger partial charge in [0.25, 0.3) is 0 Å². The summed E-state index contributed by atoms with van der Waals surface area (Å²) in [6, 6.07) is 18.1. The van der Waals surface area contributed by atoms with Gasteiger partial charge in [0.05, 0.1) is 7.11 Å². The maximum atomic E-state index is 13.9. The van der Waals surface area contributed by atoms with Crippen LogP contribution in [0.3, 0.4) is 0 Å². The molecule has 2 aromatic rings. The molecule has 6 rings (SSSR count). The van der Waals surface area contributed by atoms with Crippen LogP contribution in [-0.4, -0.2) is 41.9 Å². The normalized spacial score (nSPS) is 29.8. The fourth-order valence-corrected chi connectivity index (χ4v) is 6.68. The smallest absolute Gasteiger partial charge is 0.248 e. The molecule has 4 bridgehead atoms. The van der Waals surface area contributed by atoms with Gasteiger partial charge in [0, 0.05) is 37.5 Å². The lowest BCUT2D eigenvalue weighted by molar-refractivity contribution is -0.155. The Kier molecular flexibility index (Phi) is 6.11. The predicted molar refractivity (Wildman–Crippen MR) is 131 cm³/mol. The van der Waals surface area contributed by atoms with E-state index in [-0.39, 0.29) is 35.6 Å². The van der Waals surface area contributed by atoms with Crippen molar-refractivity contribution in [3.8, 4) is 5.75 Å². The minimum atomic E-state index is -0.868. The van der Waals surface area contributed by atoms with Gasteiger partial charge in [0.15, 0.2) is 0 Å². The van der Waals surface area contributed by atoms with E-state index in [4.69, 9.17) is 4.74 Å². The van der Waals surface area contributed by atoms with Gasteiger partial charge in [-0.25, -0.2) is 0 Å². The van der Waals surface area contributed by atoms with Gasteiger partial charge >= 0.3 is 0 Å². The predicted octanol–water partition coefficient (Wildman–Crippen LogP) is 3.36. The third-order valence-corrected chi connectivity index (χ3v) is 8.05. The SMILES string of the molecule is COc1ccc(CN2CC3CC4C(=O)N[C@]3(C(=O)NCc3ccccc3)C2C4CC(C)C)cc1. The molecule has 2 N–H and O–H groups in total. The van der Waals surface area contributed by atoms with Gasteiger partial charge in [-0.2, -0.15) is 0 Å². The number of hydrogen-bond donors (Lipinski definition) is 2. The second-order valence-electron chi connectivity index (χ2n) is 10.6. The number of hydrogen-bond acceptors (Lipinski definition) is 4. The molecule has 1 saturated carbocycles. The van der Waals surface area contributed by atoms with E-state index in [2.05, 4.69) is 41.5 Å². The molecule has 0 spiro atoms. The summed E-state index contributed by atoms with van der Waals surface area (Å²) in [5, 5.41) is 6.43. The molecule has 4 fully saturated rings. The number of fused-ring (bicyclic) bond motifs is 1. The summed E-state index contributed by atoms with van der Waals surface area (Å²) in [6.45, 7) is 6.47. The largest absolute Gasteiger partial charge is 0.497 e.